The number of nitrogens with two attached hydrogens (primary N) is 1. The number of ether oxygens (including phenoxy) is 2. The fourth-order valence-corrected chi connectivity index (χ4v) is 2.57. The van der Waals surface area contributed by atoms with Crippen LogP contribution in [0, 0.1) is 0 Å². The molecular weight excluding hydrogens is 236 g/mol. The third-order valence-corrected chi connectivity index (χ3v) is 3.99. The van der Waals surface area contributed by atoms with Gasteiger partial charge in [0.15, 0.2) is 0 Å². The van der Waals surface area contributed by atoms with E-state index >= 15 is 0 Å². The summed E-state index contributed by atoms with van der Waals surface area (Å²) in [5.41, 5.74) is 2.73. The van der Waals surface area contributed by atoms with Crippen LogP contribution in [-0.4, -0.2) is 19.8 Å². The average Bonchev–Trinajstić information content (AvgIpc) is 2.78. The predicted molar refractivity (Wildman–Crippen MR) is 71.3 cm³/mol. The summed E-state index contributed by atoms with van der Waals surface area (Å²) < 4.78 is 10.7. The van der Waals surface area contributed by atoms with E-state index in [4.69, 9.17) is 15.3 Å². The zero-order chi connectivity index (χ0) is 12.9. The molecule has 1 aromatic heterocycles. The van der Waals surface area contributed by atoms with E-state index in [0.29, 0.717) is 0 Å². The minimum absolute atomic E-state index is 0.111. The van der Waals surface area contributed by atoms with Crippen molar-refractivity contribution in [1.82, 2.24) is 5.43 Å². The third kappa shape index (κ3) is 3.96. The highest BCUT2D eigenvalue weighted by molar-refractivity contribution is 7.10. The van der Waals surface area contributed by atoms with Crippen LogP contribution in [0.3, 0.4) is 0 Å². The van der Waals surface area contributed by atoms with Gasteiger partial charge in [0.1, 0.15) is 5.75 Å². The van der Waals surface area contributed by atoms with E-state index < -0.39 is 0 Å². The molecular formula is C12H22N2O2S. The molecule has 0 aliphatic heterocycles. The number of hydrogen-bond acceptors (Lipinski definition) is 5. The van der Waals surface area contributed by atoms with Gasteiger partial charge in [0.05, 0.1) is 23.6 Å². The van der Waals surface area contributed by atoms with Crippen molar-refractivity contribution >= 4 is 11.3 Å². The largest absolute Gasteiger partial charge is 0.496 e. The van der Waals surface area contributed by atoms with E-state index in [0.717, 1.165) is 23.5 Å². The molecule has 0 saturated carbocycles. The lowest BCUT2D eigenvalue weighted by molar-refractivity contribution is 0.0117. The van der Waals surface area contributed by atoms with Gasteiger partial charge >= 0.3 is 0 Å². The van der Waals surface area contributed by atoms with Gasteiger partial charge in [-0.05, 0) is 38.1 Å². The summed E-state index contributed by atoms with van der Waals surface area (Å²) in [6, 6.07) is 2.07. The first-order valence-corrected chi connectivity index (χ1v) is 6.54. The molecule has 0 saturated heterocycles. The number of nitrogens with one attached hydrogen (secondary N) is 1. The van der Waals surface area contributed by atoms with Gasteiger partial charge in [-0.25, -0.2) is 0 Å². The molecule has 0 spiro atoms. The lowest BCUT2D eigenvalue weighted by atomic mass is 9.98. The Morgan fingerprint density at radius 2 is 2.18 bits per heavy atom. The molecule has 0 bridgehead atoms. The predicted octanol–water partition coefficient (Wildman–Crippen LogP) is 2.47. The Morgan fingerprint density at radius 3 is 2.71 bits per heavy atom. The van der Waals surface area contributed by atoms with Crippen molar-refractivity contribution < 1.29 is 9.47 Å². The molecule has 1 atom stereocenters. The first-order chi connectivity index (χ1) is 8.04. The van der Waals surface area contributed by atoms with Gasteiger partial charge in [-0.2, -0.15) is 0 Å². The zero-order valence-electron chi connectivity index (χ0n) is 10.9. The highest BCUT2D eigenvalue weighted by Crippen LogP contribution is 2.34. The van der Waals surface area contributed by atoms with Crippen LogP contribution >= 0.6 is 11.3 Å². The molecule has 0 radical (unpaired) electrons. The molecule has 1 unspecified atom stereocenters. The fourth-order valence-electron chi connectivity index (χ4n) is 1.62. The van der Waals surface area contributed by atoms with E-state index in [1.54, 1.807) is 25.6 Å². The minimum Gasteiger partial charge on any atom is -0.496 e. The Hall–Kier alpha value is -0.620. The quantitative estimate of drug-likeness (QED) is 0.582. The molecule has 0 fully saturated rings. The van der Waals surface area contributed by atoms with Crippen LogP contribution in [0.2, 0.25) is 0 Å². The number of thiophene rings is 1. The highest BCUT2D eigenvalue weighted by Gasteiger charge is 2.22. The van der Waals surface area contributed by atoms with Gasteiger partial charge in [0.2, 0.25) is 0 Å². The van der Waals surface area contributed by atoms with E-state index in [1.807, 2.05) is 11.4 Å². The zero-order valence-corrected chi connectivity index (χ0v) is 11.8. The van der Waals surface area contributed by atoms with Crippen LogP contribution in [0.5, 0.6) is 5.75 Å². The van der Waals surface area contributed by atoms with Crippen LogP contribution in [0.25, 0.3) is 0 Å². The van der Waals surface area contributed by atoms with Crippen LogP contribution in [0.4, 0.5) is 0 Å². The van der Waals surface area contributed by atoms with Gasteiger partial charge in [-0.15, -0.1) is 11.3 Å². The van der Waals surface area contributed by atoms with Crippen molar-refractivity contribution in [3.8, 4) is 5.75 Å². The highest BCUT2D eigenvalue weighted by atomic mass is 32.1. The average molecular weight is 258 g/mol. The molecule has 0 aliphatic carbocycles. The Labute approximate surface area is 107 Å². The summed E-state index contributed by atoms with van der Waals surface area (Å²) >= 11 is 1.66. The summed E-state index contributed by atoms with van der Waals surface area (Å²) in [7, 11) is 3.41. The second-order valence-corrected chi connectivity index (χ2v) is 5.52. The van der Waals surface area contributed by atoms with Crippen molar-refractivity contribution in [1.29, 1.82) is 0 Å². The van der Waals surface area contributed by atoms with Crippen LogP contribution in [0.1, 0.15) is 37.6 Å². The number of hydrogen-bond donors (Lipinski definition) is 2. The number of hydrazine groups is 1. The van der Waals surface area contributed by atoms with Crippen LogP contribution in [0.15, 0.2) is 11.4 Å². The normalized spacial score (nSPS) is 13.7. The summed E-state index contributed by atoms with van der Waals surface area (Å²) in [6.45, 7) is 4.15. The molecule has 1 aromatic rings. The second kappa shape index (κ2) is 6.35. The molecule has 0 aliphatic rings. The lowest BCUT2D eigenvalue weighted by Gasteiger charge is -2.25. The first-order valence-electron chi connectivity index (χ1n) is 5.66. The molecule has 3 N–H and O–H groups in total. The van der Waals surface area contributed by atoms with Gasteiger partial charge in [-0.3, -0.25) is 11.3 Å². The molecule has 0 amide bonds. The number of rotatable bonds is 7. The molecule has 17 heavy (non-hydrogen) atoms. The molecule has 0 aromatic carbocycles. The van der Waals surface area contributed by atoms with Crippen molar-refractivity contribution in [2.24, 2.45) is 5.84 Å². The van der Waals surface area contributed by atoms with Gasteiger partial charge < -0.3 is 9.47 Å². The smallest absolute Gasteiger partial charge is 0.134 e. The van der Waals surface area contributed by atoms with Crippen molar-refractivity contribution in [2.45, 2.75) is 38.3 Å². The van der Waals surface area contributed by atoms with Crippen molar-refractivity contribution in [3.05, 3.63) is 16.3 Å². The summed E-state index contributed by atoms with van der Waals surface area (Å²) in [5.74, 6) is 6.52. The molecule has 98 valence electrons. The monoisotopic (exact) mass is 258 g/mol. The number of methoxy groups -OCH3 is 2. The summed E-state index contributed by atoms with van der Waals surface area (Å²) in [5, 5.41) is 2.01. The first kappa shape index (κ1) is 14.4. The summed E-state index contributed by atoms with van der Waals surface area (Å²) in [6.07, 6.45) is 1.84. The van der Waals surface area contributed by atoms with Crippen LogP contribution < -0.4 is 16.0 Å². The van der Waals surface area contributed by atoms with Crippen molar-refractivity contribution in [2.75, 3.05) is 14.2 Å². The van der Waals surface area contributed by atoms with Crippen molar-refractivity contribution in [3.63, 3.8) is 0 Å². The Kier molecular flexibility index (Phi) is 5.39. The SMILES string of the molecule is COc1ccsc1C(CCC(C)(C)OC)NN. The lowest BCUT2D eigenvalue weighted by Crippen LogP contribution is -2.31. The topological polar surface area (TPSA) is 56.5 Å². The van der Waals surface area contributed by atoms with E-state index in [1.165, 1.54) is 0 Å². The van der Waals surface area contributed by atoms with Crippen LogP contribution in [-0.2, 0) is 4.74 Å². The second-order valence-electron chi connectivity index (χ2n) is 4.57. The molecule has 5 heteroatoms. The standard InChI is InChI=1S/C12H22N2O2S/c1-12(2,16-4)7-5-9(14-13)11-10(15-3)6-8-17-11/h6,8-9,14H,5,7,13H2,1-4H3. The van der Waals surface area contributed by atoms with E-state index in [9.17, 15) is 0 Å². The van der Waals surface area contributed by atoms with Gasteiger partial charge in [0, 0.05) is 7.11 Å². The summed E-state index contributed by atoms with van der Waals surface area (Å²) in [4.78, 5) is 1.14. The third-order valence-electron chi connectivity index (χ3n) is 2.98. The maximum Gasteiger partial charge on any atom is 0.134 e. The van der Waals surface area contributed by atoms with Gasteiger partial charge in [0.25, 0.3) is 0 Å². The molecule has 4 nitrogen and oxygen atoms in total. The Balaban J connectivity index is 2.66. The minimum atomic E-state index is -0.125. The van der Waals surface area contributed by atoms with E-state index in [2.05, 4.69) is 19.3 Å². The maximum absolute atomic E-state index is 5.62. The Morgan fingerprint density at radius 1 is 1.47 bits per heavy atom. The molecule has 1 heterocycles. The Bertz CT molecular complexity index is 339. The maximum atomic E-state index is 5.62. The fraction of sp³-hybridized carbons (Fsp3) is 0.667. The van der Waals surface area contributed by atoms with Gasteiger partial charge in [-0.1, -0.05) is 0 Å². The molecule has 1 rings (SSSR count). The van der Waals surface area contributed by atoms with E-state index in [-0.39, 0.29) is 11.6 Å².